The van der Waals surface area contributed by atoms with Gasteiger partial charge in [-0.2, -0.15) is 0 Å². The Bertz CT molecular complexity index is 1250. The number of nitrogens with zero attached hydrogens (tertiary/aromatic N) is 1. The molecule has 0 radical (unpaired) electrons. The van der Waals surface area contributed by atoms with Crippen molar-refractivity contribution in [3.63, 3.8) is 0 Å². The van der Waals surface area contributed by atoms with Gasteiger partial charge in [-0.3, -0.25) is 23.4 Å². The van der Waals surface area contributed by atoms with Gasteiger partial charge in [0, 0.05) is 11.8 Å². The Morgan fingerprint density at radius 1 is 1.39 bits per heavy atom. The first kappa shape index (κ1) is 24.2. The molecule has 180 valence electrons. The third kappa shape index (κ3) is 4.43. The number of H-pyrrole nitrogens is 1. The minimum atomic E-state index is -4.27. The Kier molecular flexibility index (Phi) is 6.35. The predicted octanol–water partition coefficient (Wildman–Crippen LogP) is 1.67. The number of phosphoric acid groups is 1. The van der Waals surface area contributed by atoms with Crippen LogP contribution in [-0.4, -0.2) is 49.5 Å². The number of hydrogen-bond donors (Lipinski definition) is 4. The van der Waals surface area contributed by atoms with E-state index in [1.165, 1.54) is 0 Å². The first-order valence-corrected chi connectivity index (χ1v) is 11.7. The Morgan fingerprint density at radius 3 is 2.82 bits per heavy atom. The molecule has 1 unspecified atom stereocenters. The number of aliphatic hydroxyl groups excluding tert-OH is 3. The Hall–Kier alpha value is -1.96. The van der Waals surface area contributed by atoms with E-state index in [2.05, 4.69) is 4.98 Å². The van der Waals surface area contributed by atoms with E-state index in [0.29, 0.717) is 16.9 Å². The Labute approximate surface area is 191 Å². The summed E-state index contributed by atoms with van der Waals surface area (Å²) in [6.07, 6.45) is -4.49. The highest BCUT2D eigenvalue weighted by molar-refractivity contribution is 7.71. The number of ether oxygens (including phenoxy) is 1. The van der Waals surface area contributed by atoms with Crippen LogP contribution in [0.25, 0.3) is 0 Å². The lowest BCUT2D eigenvalue weighted by molar-refractivity contribution is -0.205. The number of benzene rings is 1. The van der Waals surface area contributed by atoms with Gasteiger partial charge in [0.15, 0.2) is 11.0 Å². The third-order valence-electron chi connectivity index (χ3n) is 5.36. The van der Waals surface area contributed by atoms with Crippen molar-refractivity contribution in [3.8, 4) is 5.75 Å². The summed E-state index contributed by atoms with van der Waals surface area (Å²) in [5.41, 5.74) is 1.49. The molecule has 1 aromatic carbocycles. The van der Waals surface area contributed by atoms with Crippen LogP contribution in [0.2, 0.25) is 0 Å². The topological polar surface area (TPSA) is 152 Å². The van der Waals surface area contributed by atoms with E-state index in [0.717, 1.165) is 16.3 Å². The van der Waals surface area contributed by atoms with E-state index in [1.54, 1.807) is 13.0 Å². The predicted molar refractivity (Wildman–Crippen MR) is 113 cm³/mol. The van der Waals surface area contributed by atoms with Gasteiger partial charge >= 0.3 is 7.82 Å². The number of alkyl halides is 1. The summed E-state index contributed by atoms with van der Waals surface area (Å²) in [6.45, 7) is 1.77. The van der Waals surface area contributed by atoms with E-state index in [-0.39, 0.29) is 16.9 Å². The monoisotopic (exact) mass is 504 g/mol. The van der Waals surface area contributed by atoms with Crippen LogP contribution in [0.1, 0.15) is 28.5 Å². The molecule has 14 heteroatoms. The largest absolute Gasteiger partial charge is 0.530 e. The van der Waals surface area contributed by atoms with Crippen LogP contribution in [0.3, 0.4) is 0 Å². The highest BCUT2D eigenvalue weighted by Crippen LogP contribution is 2.56. The number of halogens is 1. The van der Waals surface area contributed by atoms with Gasteiger partial charge in [-0.1, -0.05) is 17.7 Å². The first-order chi connectivity index (χ1) is 15.5. The van der Waals surface area contributed by atoms with E-state index in [1.807, 2.05) is 13.0 Å². The van der Waals surface area contributed by atoms with Gasteiger partial charge in [-0.15, -0.1) is 0 Å². The van der Waals surface area contributed by atoms with Crippen molar-refractivity contribution in [1.29, 1.82) is 0 Å². The maximum absolute atomic E-state index is 15.5. The van der Waals surface area contributed by atoms with E-state index < -0.39 is 50.9 Å². The zero-order valence-corrected chi connectivity index (χ0v) is 19.3. The molecule has 11 nitrogen and oxygen atoms in total. The molecule has 0 aliphatic carbocycles. The van der Waals surface area contributed by atoms with Crippen LogP contribution in [0.4, 0.5) is 4.39 Å². The molecule has 1 fully saturated rings. The molecule has 0 spiro atoms. The molecule has 33 heavy (non-hydrogen) atoms. The van der Waals surface area contributed by atoms with Gasteiger partial charge < -0.3 is 24.6 Å². The lowest BCUT2D eigenvalue weighted by Gasteiger charge is -2.29. The van der Waals surface area contributed by atoms with Crippen molar-refractivity contribution in [3.05, 3.63) is 55.7 Å². The molecule has 3 heterocycles. The van der Waals surface area contributed by atoms with E-state index in [4.69, 9.17) is 30.5 Å². The average Bonchev–Trinajstić information content (AvgIpc) is 2.98. The molecular weight excluding hydrogens is 482 g/mol. The van der Waals surface area contributed by atoms with Crippen molar-refractivity contribution >= 4 is 20.0 Å². The first-order valence-electron chi connectivity index (χ1n) is 9.83. The van der Waals surface area contributed by atoms with Gasteiger partial charge in [0.2, 0.25) is 0 Å². The normalized spacial score (nSPS) is 31.3. The van der Waals surface area contributed by atoms with Gasteiger partial charge in [-0.25, -0.2) is 8.96 Å². The van der Waals surface area contributed by atoms with Crippen molar-refractivity contribution in [2.24, 2.45) is 0 Å². The van der Waals surface area contributed by atoms with Crippen molar-refractivity contribution < 1.29 is 42.6 Å². The van der Waals surface area contributed by atoms with E-state index in [9.17, 15) is 24.7 Å². The fourth-order valence-electron chi connectivity index (χ4n) is 3.72. The quantitative estimate of drug-likeness (QED) is 0.349. The molecule has 0 saturated carbocycles. The number of rotatable bonds is 5. The summed E-state index contributed by atoms with van der Waals surface area (Å²) in [7, 11) is -4.27. The molecule has 4 rings (SSSR count). The maximum atomic E-state index is 15.5. The minimum Gasteiger partial charge on any atom is -0.403 e. The lowest BCUT2D eigenvalue weighted by Crippen LogP contribution is -2.43. The number of nitrogens with one attached hydrogen (secondary N) is 1. The minimum absolute atomic E-state index is 0.0977. The molecular formula is C19H22FN2O9PS. The van der Waals surface area contributed by atoms with Crippen LogP contribution < -0.4 is 10.1 Å². The van der Waals surface area contributed by atoms with Crippen molar-refractivity contribution in [1.82, 2.24) is 9.55 Å². The van der Waals surface area contributed by atoms with Crippen molar-refractivity contribution in [2.45, 2.75) is 51.4 Å². The molecule has 2 aliphatic rings. The molecule has 2 aliphatic heterocycles. The summed E-state index contributed by atoms with van der Waals surface area (Å²) in [5.74, 6) is -2.73. The second-order valence-electron chi connectivity index (χ2n) is 7.86. The number of aryl methyl sites for hydroxylation is 2. The van der Waals surface area contributed by atoms with Crippen LogP contribution >= 0.6 is 20.0 Å². The van der Waals surface area contributed by atoms with Crippen LogP contribution in [0.15, 0.2) is 23.1 Å². The van der Waals surface area contributed by atoms with E-state index >= 15 is 4.39 Å². The molecule has 4 N–H and O–H groups in total. The number of aliphatic hydroxyl groups is 3. The van der Waals surface area contributed by atoms with Gasteiger partial charge in [-0.05, 0) is 31.6 Å². The molecule has 1 saturated heterocycles. The Morgan fingerprint density at radius 2 is 2.12 bits per heavy atom. The summed E-state index contributed by atoms with van der Waals surface area (Å²) in [4.78, 5) is 14.0. The highest BCUT2D eigenvalue weighted by Gasteiger charge is 2.57. The molecule has 0 amide bonds. The summed E-state index contributed by atoms with van der Waals surface area (Å²) in [5, 5.41) is 30.0. The number of phosphoric ester groups is 1. The van der Waals surface area contributed by atoms with Crippen LogP contribution in [0, 0.1) is 18.6 Å². The van der Waals surface area contributed by atoms with Crippen LogP contribution in [0.5, 0.6) is 5.75 Å². The van der Waals surface area contributed by atoms with Gasteiger partial charge in [0.05, 0.1) is 18.8 Å². The second kappa shape index (κ2) is 8.67. The fraction of sp³-hybridized carbons (Fsp3) is 0.474. The molecule has 2 aromatic rings. The zero-order chi connectivity index (χ0) is 24.1. The lowest BCUT2D eigenvalue weighted by atomic mass is 10.1. The number of hydrogen-bond acceptors (Lipinski definition) is 10. The fourth-order valence-corrected chi connectivity index (χ4v) is 5.26. The second-order valence-corrected chi connectivity index (χ2v) is 9.84. The maximum Gasteiger partial charge on any atom is 0.530 e. The standard InChI is InChI=1S/C19H22FN2O9PS/c1-9-3-10(2)14-11(4-9)7-28-32(27,31-14)29-8-19(20)15(25)13(24)17(30-19)22-5-12(6-23)16(26)21-18(22)33/h3-5,13,15,17,23-25H,6-8H2,1-2H3,(H,21,26,33)/t13-,15+,17-,19-,32?/m1/s1. The zero-order valence-electron chi connectivity index (χ0n) is 17.6. The molecule has 5 atom stereocenters. The number of aromatic nitrogens is 2. The SMILES string of the molecule is Cc1cc(C)c2c(c1)COP(=O)(OC[C@@]1(F)O[C@@H](n3cc(CO)c(=O)[nH]c3=S)[C@H](O)[C@@H]1O)O2. The molecule has 1 aromatic heterocycles. The van der Waals surface area contributed by atoms with Crippen molar-refractivity contribution in [2.75, 3.05) is 6.61 Å². The van der Waals surface area contributed by atoms with Gasteiger partial charge in [0.1, 0.15) is 24.6 Å². The molecule has 0 bridgehead atoms. The highest BCUT2D eigenvalue weighted by atomic mass is 32.1. The average molecular weight is 504 g/mol. The Balaban J connectivity index is 1.54. The summed E-state index contributed by atoms with van der Waals surface area (Å²) >= 11 is 5.01. The number of aromatic amines is 1. The number of fused-ring (bicyclic) bond motifs is 1. The smallest absolute Gasteiger partial charge is 0.403 e. The van der Waals surface area contributed by atoms with Gasteiger partial charge in [0.25, 0.3) is 11.4 Å². The van der Waals surface area contributed by atoms with Crippen LogP contribution in [-0.2, 0) is 31.6 Å². The summed E-state index contributed by atoms with van der Waals surface area (Å²) < 4.78 is 50.0. The third-order valence-corrected chi connectivity index (χ3v) is 6.97. The summed E-state index contributed by atoms with van der Waals surface area (Å²) in [6, 6.07) is 3.60.